The Kier molecular flexibility index (Phi) is 4.58. The third-order valence-electron chi connectivity index (χ3n) is 1.73. The maximum absolute atomic E-state index is 11.6. The third kappa shape index (κ3) is 3.21. The van der Waals surface area contributed by atoms with Gasteiger partial charge in [0.1, 0.15) is 5.75 Å². The van der Waals surface area contributed by atoms with Crippen molar-refractivity contribution in [3.63, 3.8) is 0 Å². The molecule has 0 aliphatic rings. The molecule has 1 rings (SSSR count). The third-order valence-corrected chi connectivity index (χ3v) is 2.42. The van der Waals surface area contributed by atoms with Crippen LogP contribution in [0.3, 0.4) is 0 Å². The zero-order chi connectivity index (χ0) is 11.3. The highest BCUT2D eigenvalue weighted by Crippen LogP contribution is 2.22. The fraction of sp³-hybridized carbons (Fsp3) is 0.300. The van der Waals surface area contributed by atoms with Gasteiger partial charge in [0.15, 0.2) is 0 Å². The minimum absolute atomic E-state index is 0.303. The van der Waals surface area contributed by atoms with Crippen LogP contribution in [-0.4, -0.2) is 19.6 Å². The lowest BCUT2D eigenvalue weighted by atomic mass is 10.2. The molecule has 82 valence electrons. The van der Waals surface area contributed by atoms with Gasteiger partial charge in [0.2, 0.25) is 0 Å². The van der Waals surface area contributed by atoms with E-state index < -0.39 is 0 Å². The van der Waals surface area contributed by atoms with E-state index in [1.807, 2.05) is 0 Å². The summed E-state index contributed by atoms with van der Waals surface area (Å²) in [6.45, 7) is 2.22. The van der Waals surface area contributed by atoms with Gasteiger partial charge in [-0.15, -0.1) is 0 Å². The van der Waals surface area contributed by atoms with Crippen molar-refractivity contribution in [2.45, 2.75) is 6.92 Å². The van der Waals surface area contributed by atoms with Crippen molar-refractivity contribution in [1.29, 1.82) is 0 Å². The van der Waals surface area contributed by atoms with E-state index in [0.717, 1.165) is 0 Å². The van der Waals surface area contributed by atoms with E-state index in [1.54, 1.807) is 32.2 Å². The molecule has 0 radical (unpaired) electrons. The van der Waals surface area contributed by atoms with Crippen molar-refractivity contribution in [2.75, 3.05) is 13.7 Å². The molecule has 1 aromatic rings. The second-order valence-corrected chi connectivity index (χ2v) is 3.56. The Morgan fingerprint density at radius 3 is 2.87 bits per heavy atom. The van der Waals surface area contributed by atoms with Gasteiger partial charge >= 0.3 is 0 Å². The van der Waals surface area contributed by atoms with E-state index in [1.165, 1.54) is 0 Å². The Labute approximate surface area is 96.7 Å². The molecule has 4 nitrogen and oxygen atoms in total. The molecular formula is C10H12BrNO3. The lowest BCUT2D eigenvalue weighted by molar-refractivity contribution is 0.0363. The van der Waals surface area contributed by atoms with Crippen LogP contribution in [0.1, 0.15) is 17.3 Å². The molecule has 0 atom stereocenters. The smallest absolute Gasteiger partial charge is 0.276 e. The Morgan fingerprint density at radius 1 is 1.53 bits per heavy atom. The van der Waals surface area contributed by atoms with E-state index in [-0.39, 0.29) is 5.91 Å². The van der Waals surface area contributed by atoms with Crippen LogP contribution >= 0.6 is 15.9 Å². The van der Waals surface area contributed by atoms with E-state index in [4.69, 9.17) is 9.57 Å². The first-order valence-corrected chi connectivity index (χ1v) is 5.24. The normalized spacial score (nSPS) is 9.80. The number of ether oxygens (including phenoxy) is 1. The van der Waals surface area contributed by atoms with Gasteiger partial charge in [-0.25, -0.2) is 5.48 Å². The van der Waals surface area contributed by atoms with E-state index >= 15 is 0 Å². The number of carbonyl (C=O) groups excluding carboxylic acids is 1. The topological polar surface area (TPSA) is 47.6 Å². The summed E-state index contributed by atoms with van der Waals surface area (Å²) in [5.74, 6) is 0.322. The number of halogens is 1. The van der Waals surface area contributed by atoms with Crippen LogP contribution in [-0.2, 0) is 4.84 Å². The summed E-state index contributed by atoms with van der Waals surface area (Å²) in [5, 5.41) is 0. The SMILES string of the molecule is CCONC(=O)c1cc(OC)ccc1Br. The summed E-state index contributed by atoms with van der Waals surface area (Å²) >= 11 is 3.28. The zero-order valence-electron chi connectivity index (χ0n) is 8.54. The molecule has 0 aliphatic heterocycles. The summed E-state index contributed by atoms with van der Waals surface area (Å²) in [6.07, 6.45) is 0. The summed E-state index contributed by atoms with van der Waals surface area (Å²) < 4.78 is 5.72. The first-order valence-electron chi connectivity index (χ1n) is 4.44. The first kappa shape index (κ1) is 12.0. The van der Waals surface area contributed by atoms with Crippen LogP contribution in [0.5, 0.6) is 5.75 Å². The Balaban J connectivity index is 2.86. The highest BCUT2D eigenvalue weighted by molar-refractivity contribution is 9.10. The molecule has 0 heterocycles. The van der Waals surface area contributed by atoms with E-state index in [0.29, 0.717) is 22.4 Å². The number of rotatable bonds is 4. The lowest BCUT2D eigenvalue weighted by Gasteiger charge is -2.07. The summed E-state index contributed by atoms with van der Waals surface area (Å²) in [4.78, 5) is 16.4. The Bertz CT molecular complexity index is 355. The van der Waals surface area contributed by atoms with Crippen LogP contribution in [0, 0.1) is 0 Å². The zero-order valence-corrected chi connectivity index (χ0v) is 10.1. The number of hydrogen-bond acceptors (Lipinski definition) is 3. The predicted octanol–water partition coefficient (Wildman–Crippen LogP) is 2.14. The number of hydrogen-bond donors (Lipinski definition) is 1. The maximum atomic E-state index is 11.6. The highest BCUT2D eigenvalue weighted by Gasteiger charge is 2.10. The van der Waals surface area contributed by atoms with Crippen molar-refractivity contribution in [3.05, 3.63) is 28.2 Å². The molecular weight excluding hydrogens is 262 g/mol. The van der Waals surface area contributed by atoms with E-state index in [9.17, 15) is 4.79 Å². The van der Waals surface area contributed by atoms with Gasteiger partial charge in [0.25, 0.3) is 5.91 Å². The van der Waals surface area contributed by atoms with Gasteiger partial charge in [-0.3, -0.25) is 9.63 Å². The molecule has 5 heteroatoms. The van der Waals surface area contributed by atoms with Crippen molar-refractivity contribution in [3.8, 4) is 5.75 Å². The summed E-state index contributed by atoms with van der Waals surface area (Å²) in [7, 11) is 1.55. The monoisotopic (exact) mass is 273 g/mol. The molecule has 0 saturated carbocycles. The number of methoxy groups -OCH3 is 1. The number of carbonyl (C=O) groups is 1. The van der Waals surface area contributed by atoms with Crippen molar-refractivity contribution in [2.24, 2.45) is 0 Å². The summed E-state index contributed by atoms with van der Waals surface area (Å²) in [5.41, 5.74) is 2.79. The Morgan fingerprint density at radius 2 is 2.27 bits per heavy atom. The van der Waals surface area contributed by atoms with Gasteiger partial charge in [0, 0.05) is 4.47 Å². The van der Waals surface area contributed by atoms with Crippen LogP contribution in [0.15, 0.2) is 22.7 Å². The quantitative estimate of drug-likeness (QED) is 0.856. The molecule has 1 amide bonds. The Hall–Kier alpha value is -1.07. The fourth-order valence-electron chi connectivity index (χ4n) is 0.998. The first-order chi connectivity index (χ1) is 7.19. The van der Waals surface area contributed by atoms with Gasteiger partial charge in [-0.1, -0.05) is 0 Å². The van der Waals surface area contributed by atoms with Gasteiger partial charge in [-0.2, -0.15) is 0 Å². The number of benzene rings is 1. The molecule has 1 N–H and O–H groups in total. The molecule has 0 aliphatic carbocycles. The van der Waals surface area contributed by atoms with Crippen molar-refractivity contribution in [1.82, 2.24) is 5.48 Å². The number of amides is 1. The second-order valence-electron chi connectivity index (χ2n) is 2.71. The second kappa shape index (κ2) is 5.72. The largest absolute Gasteiger partial charge is 0.497 e. The average Bonchev–Trinajstić information content (AvgIpc) is 2.26. The molecule has 0 bridgehead atoms. The molecule has 1 aromatic carbocycles. The van der Waals surface area contributed by atoms with E-state index in [2.05, 4.69) is 21.4 Å². The molecule has 0 aromatic heterocycles. The minimum atomic E-state index is -0.303. The van der Waals surface area contributed by atoms with Crippen LogP contribution in [0.4, 0.5) is 0 Å². The van der Waals surface area contributed by atoms with Gasteiger partial charge in [0.05, 0.1) is 19.3 Å². The van der Waals surface area contributed by atoms with Crippen LogP contribution in [0.25, 0.3) is 0 Å². The molecule has 0 spiro atoms. The van der Waals surface area contributed by atoms with Crippen LogP contribution < -0.4 is 10.2 Å². The molecule has 0 saturated heterocycles. The average molecular weight is 274 g/mol. The molecule has 15 heavy (non-hydrogen) atoms. The fourth-order valence-corrected chi connectivity index (χ4v) is 1.42. The molecule has 0 unspecified atom stereocenters. The van der Waals surface area contributed by atoms with Gasteiger partial charge in [-0.05, 0) is 41.1 Å². The van der Waals surface area contributed by atoms with Gasteiger partial charge < -0.3 is 4.74 Å². The highest BCUT2D eigenvalue weighted by atomic mass is 79.9. The molecule has 0 fully saturated rings. The number of hydroxylamine groups is 1. The standard InChI is InChI=1S/C10H12BrNO3/c1-3-15-12-10(13)8-6-7(14-2)4-5-9(8)11/h4-6H,3H2,1-2H3,(H,12,13). The minimum Gasteiger partial charge on any atom is -0.497 e. The maximum Gasteiger partial charge on any atom is 0.276 e. The van der Waals surface area contributed by atoms with Crippen LogP contribution in [0.2, 0.25) is 0 Å². The predicted molar refractivity (Wildman–Crippen MR) is 59.8 cm³/mol. The van der Waals surface area contributed by atoms with Crippen molar-refractivity contribution < 1.29 is 14.4 Å². The lowest BCUT2D eigenvalue weighted by Crippen LogP contribution is -2.23. The van der Waals surface area contributed by atoms with Crippen molar-refractivity contribution >= 4 is 21.8 Å². The summed E-state index contributed by atoms with van der Waals surface area (Å²) in [6, 6.07) is 5.15. The number of nitrogens with one attached hydrogen (secondary N) is 1.